The lowest BCUT2D eigenvalue weighted by Crippen LogP contribution is -2.42. The molecule has 0 aliphatic carbocycles. The van der Waals surface area contributed by atoms with Crippen LogP contribution in [0.4, 0.5) is 14.9 Å². The second kappa shape index (κ2) is 7.84. The van der Waals surface area contributed by atoms with Gasteiger partial charge in [0.05, 0.1) is 5.75 Å². The fraction of sp³-hybridized carbons (Fsp3) is 0.211. The molecule has 2 aromatic rings. The third-order valence-electron chi connectivity index (χ3n) is 4.58. The van der Waals surface area contributed by atoms with E-state index in [1.54, 1.807) is 0 Å². The number of nitrogens with one attached hydrogen (secondary N) is 2. The van der Waals surface area contributed by atoms with Crippen molar-refractivity contribution in [1.82, 2.24) is 10.2 Å². The summed E-state index contributed by atoms with van der Waals surface area (Å²) in [6, 6.07) is 10.4. The van der Waals surface area contributed by atoms with Gasteiger partial charge in [0.2, 0.25) is 15.9 Å². The van der Waals surface area contributed by atoms with E-state index in [0.717, 1.165) is 4.90 Å². The van der Waals surface area contributed by atoms with Gasteiger partial charge in [-0.05, 0) is 42.3 Å². The number of nitrogens with two attached hydrogens (primary N) is 1. The molecule has 0 spiro atoms. The van der Waals surface area contributed by atoms with Gasteiger partial charge in [-0.2, -0.15) is 0 Å². The van der Waals surface area contributed by atoms with Crippen LogP contribution in [-0.4, -0.2) is 37.7 Å². The number of hydrogen-bond donors (Lipinski definition) is 3. The summed E-state index contributed by atoms with van der Waals surface area (Å²) in [6.07, 6.45) is 0. The number of imide groups is 1. The van der Waals surface area contributed by atoms with Crippen molar-refractivity contribution in [1.29, 1.82) is 0 Å². The molecule has 0 radical (unpaired) electrons. The smallest absolute Gasteiger partial charge is 0.325 e. The summed E-state index contributed by atoms with van der Waals surface area (Å²) >= 11 is 0. The van der Waals surface area contributed by atoms with Crippen LogP contribution in [0.2, 0.25) is 0 Å². The summed E-state index contributed by atoms with van der Waals surface area (Å²) in [4.78, 5) is 38.2. The Hall–Kier alpha value is -3.31. The molecule has 0 bridgehead atoms. The lowest BCUT2D eigenvalue weighted by Gasteiger charge is -2.22. The van der Waals surface area contributed by atoms with Crippen LogP contribution in [-0.2, 0) is 30.9 Å². The lowest BCUT2D eigenvalue weighted by molar-refractivity contribution is -0.133. The Morgan fingerprint density at radius 3 is 2.50 bits per heavy atom. The number of urea groups is 1. The zero-order valence-corrected chi connectivity index (χ0v) is 16.7. The number of rotatable bonds is 6. The number of benzene rings is 2. The van der Waals surface area contributed by atoms with E-state index in [9.17, 15) is 27.2 Å². The Morgan fingerprint density at radius 1 is 1.20 bits per heavy atom. The van der Waals surface area contributed by atoms with Crippen LogP contribution < -0.4 is 15.8 Å². The molecule has 4 N–H and O–H groups in total. The van der Waals surface area contributed by atoms with Gasteiger partial charge < -0.3 is 10.6 Å². The molecule has 1 fully saturated rings. The summed E-state index contributed by atoms with van der Waals surface area (Å²) in [5.41, 5.74) is -0.398. The molecule has 1 heterocycles. The summed E-state index contributed by atoms with van der Waals surface area (Å²) < 4.78 is 35.6. The molecule has 1 aliphatic rings. The van der Waals surface area contributed by atoms with Crippen molar-refractivity contribution in [3.63, 3.8) is 0 Å². The highest BCUT2D eigenvalue weighted by Gasteiger charge is 2.49. The van der Waals surface area contributed by atoms with Crippen molar-refractivity contribution < 1.29 is 27.2 Å². The summed E-state index contributed by atoms with van der Waals surface area (Å²) in [5.74, 6) is -2.20. The average Bonchev–Trinajstić information content (AvgIpc) is 2.85. The maximum atomic E-state index is 13.2. The number of carbonyl (C=O) groups is 3. The third-order valence-corrected chi connectivity index (χ3v) is 5.31. The highest BCUT2D eigenvalue weighted by molar-refractivity contribution is 7.88. The topological polar surface area (TPSA) is 139 Å². The fourth-order valence-electron chi connectivity index (χ4n) is 3.13. The quantitative estimate of drug-likeness (QED) is 0.583. The number of halogens is 1. The number of amides is 4. The van der Waals surface area contributed by atoms with Crippen LogP contribution in [0.1, 0.15) is 18.1 Å². The van der Waals surface area contributed by atoms with Crippen molar-refractivity contribution >= 4 is 33.6 Å². The van der Waals surface area contributed by atoms with E-state index >= 15 is 0 Å². The van der Waals surface area contributed by atoms with Crippen molar-refractivity contribution in [3.05, 3.63) is 65.5 Å². The molecule has 158 valence electrons. The minimum Gasteiger partial charge on any atom is -0.325 e. The second-order valence-electron chi connectivity index (χ2n) is 7.01. The summed E-state index contributed by atoms with van der Waals surface area (Å²) in [6.45, 7) is 0.913. The van der Waals surface area contributed by atoms with Crippen molar-refractivity contribution in [3.8, 4) is 0 Å². The SMILES string of the molecule is CC1(c2ccc(F)cc2)NC(=O)N(CC(=O)Nc2cccc(CS(N)(=O)=O)c2)C1=O. The number of sulfonamides is 1. The van der Waals surface area contributed by atoms with Crippen LogP contribution in [0.25, 0.3) is 0 Å². The predicted octanol–water partition coefficient (Wildman–Crippen LogP) is 1.02. The number of anilines is 1. The molecular weight excluding hydrogens is 415 g/mol. The Bertz CT molecular complexity index is 1120. The van der Waals surface area contributed by atoms with E-state index in [1.165, 1.54) is 55.5 Å². The first kappa shape index (κ1) is 21.4. The Kier molecular flexibility index (Phi) is 5.59. The predicted molar refractivity (Wildman–Crippen MR) is 106 cm³/mol. The molecule has 11 heteroatoms. The highest BCUT2D eigenvalue weighted by Crippen LogP contribution is 2.28. The maximum Gasteiger partial charge on any atom is 0.325 e. The molecule has 3 rings (SSSR count). The van der Waals surface area contributed by atoms with Gasteiger partial charge in [-0.15, -0.1) is 0 Å². The first-order valence-corrected chi connectivity index (χ1v) is 10.5. The molecule has 9 nitrogen and oxygen atoms in total. The molecule has 2 aromatic carbocycles. The molecule has 0 saturated carbocycles. The molecule has 30 heavy (non-hydrogen) atoms. The standard InChI is InChI=1S/C19H19FN4O5S/c1-19(13-5-7-14(20)8-6-13)17(26)24(18(27)23-19)10-16(25)22-15-4-2-3-12(9-15)11-30(21,28)29/h2-9H,10-11H2,1H3,(H,22,25)(H,23,27)(H2,21,28,29). The van der Waals surface area contributed by atoms with Gasteiger partial charge in [-0.25, -0.2) is 22.7 Å². The highest BCUT2D eigenvalue weighted by atomic mass is 32.2. The van der Waals surface area contributed by atoms with Gasteiger partial charge in [-0.1, -0.05) is 24.3 Å². The zero-order chi connectivity index (χ0) is 22.1. The van der Waals surface area contributed by atoms with Gasteiger partial charge in [0.1, 0.15) is 17.9 Å². The van der Waals surface area contributed by atoms with E-state index in [4.69, 9.17) is 5.14 Å². The lowest BCUT2D eigenvalue weighted by atomic mass is 9.92. The molecule has 1 aliphatic heterocycles. The van der Waals surface area contributed by atoms with Gasteiger partial charge in [-0.3, -0.25) is 14.5 Å². The van der Waals surface area contributed by atoms with Crippen LogP contribution in [0.15, 0.2) is 48.5 Å². The van der Waals surface area contributed by atoms with Crippen LogP contribution in [0.3, 0.4) is 0 Å². The van der Waals surface area contributed by atoms with Gasteiger partial charge >= 0.3 is 6.03 Å². The largest absolute Gasteiger partial charge is 0.325 e. The van der Waals surface area contributed by atoms with Crippen LogP contribution in [0, 0.1) is 5.82 Å². The number of carbonyl (C=O) groups excluding carboxylic acids is 3. The summed E-state index contributed by atoms with van der Waals surface area (Å²) in [5, 5.41) is 10.1. The first-order valence-electron chi connectivity index (χ1n) is 8.77. The van der Waals surface area contributed by atoms with E-state index in [1.807, 2.05) is 0 Å². The van der Waals surface area contributed by atoms with Crippen molar-refractivity contribution in [2.75, 3.05) is 11.9 Å². The fourth-order valence-corrected chi connectivity index (χ4v) is 3.78. The monoisotopic (exact) mass is 434 g/mol. The van der Waals surface area contributed by atoms with Crippen molar-refractivity contribution in [2.45, 2.75) is 18.2 Å². The number of nitrogens with zero attached hydrogens (tertiary/aromatic N) is 1. The second-order valence-corrected chi connectivity index (χ2v) is 8.62. The average molecular weight is 434 g/mol. The minimum absolute atomic E-state index is 0.287. The molecule has 1 unspecified atom stereocenters. The molecule has 0 aromatic heterocycles. The van der Waals surface area contributed by atoms with Crippen molar-refractivity contribution in [2.24, 2.45) is 5.14 Å². The number of hydrogen-bond acceptors (Lipinski definition) is 5. The van der Waals surface area contributed by atoms with Gasteiger partial charge in [0.15, 0.2) is 0 Å². The molecule has 1 saturated heterocycles. The van der Waals surface area contributed by atoms with Gasteiger partial charge in [0, 0.05) is 5.69 Å². The van der Waals surface area contributed by atoms with Crippen LogP contribution >= 0.6 is 0 Å². The molecule has 4 amide bonds. The molecule has 1 atom stereocenters. The van der Waals surface area contributed by atoms with E-state index in [0.29, 0.717) is 11.1 Å². The Morgan fingerprint density at radius 2 is 1.87 bits per heavy atom. The maximum absolute atomic E-state index is 13.2. The van der Waals surface area contributed by atoms with Gasteiger partial charge in [0.25, 0.3) is 5.91 Å². The Labute approximate surface area is 172 Å². The minimum atomic E-state index is -3.74. The molecular formula is C19H19FN4O5S. The number of primary sulfonamides is 1. The normalized spacial score (nSPS) is 19.0. The Balaban J connectivity index is 1.71. The first-order chi connectivity index (χ1) is 14.0. The third kappa shape index (κ3) is 4.63. The van der Waals surface area contributed by atoms with E-state index in [-0.39, 0.29) is 5.69 Å². The zero-order valence-electron chi connectivity index (χ0n) is 15.9. The van der Waals surface area contributed by atoms with E-state index in [2.05, 4.69) is 10.6 Å². The summed E-state index contributed by atoms with van der Waals surface area (Å²) in [7, 11) is -3.74. The van der Waals surface area contributed by atoms with Crippen LogP contribution in [0.5, 0.6) is 0 Å². The van der Waals surface area contributed by atoms with E-state index < -0.39 is 51.5 Å².